The summed E-state index contributed by atoms with van der Waals surface area (Å²) in [5.74, 6) is 1.52. The van der Waals surface area contributed by atoms with Crippen molar-refractivity contribution in [2.75, 3.05) is 5.33 Å². The normalized spacial score (nSPS) is 41.1. The number of fused-ring (bicyclic) bond motifs is 1. The second-order valence-corrected chi connectivity index (χ2v) is 6.47. The summed E-state index contributed by atoms with van der Waals surface area (Å²) in [5, 5.41) is 0.815. The standard InChI is InChI=1S/C15H21BrO/c1-10(9-16)12-7-14(17)13-6-4-5-11(2)15(13,3)8-12/h4,6,11-13H,1,5,7-9H2,2-3H3. The van der Waals surface area contributed by atoms with Crippen LogP contribution in [0.1, 0.15) is 33.1 Å². The zero-order valence-electron chi connectivity index (χ0n) is 10.7. The lowest BCUT2D eigenvalue weighted by Gasteiger charge is -2.48. The molecule has 0 aromatic rings. The summed E-state index contributed by atoms with van der Waals surface area (Å²) in [6.07, 6.45) is 7.24. The Morgan fingerprint density at radius 2 is 2.35 bits per heavy atom. The Labute approximate surface area is 112 Å². The molecule has 0 spiro atoms. The Morgan fingerprint density at radius 1 is 1.65 bits per heavy atom. The first-order chi connectivity index (χ1) is 7.99. The lowest BCUT2D eigenvalue weighted by molar-refractivity contribution is -0.131. The van der Waals surface area contributed by atoms with Crippen LogP contribution in [-0.2, 0) is 4.79 Å². The van der Waals surface area contributed by atoms with Gasteiger partial charge < -0.3 is 0 Å². The maximum atomic E-state index is 12.3. The Morgan fingerprint density at radius 3 is 3.00 bits per heavy atom. The maximum Gasteiger partial charge on any atom is 0.140 e. The minimum Gasteiger partial charge on any atom is -0.299 e. The average molecular weight is 297 g/mol. The van der Waals surface area contributed by atoms with Gasteiger partial charge in [-0.2, -0.15) is 0 Å². The lowest BCUT2D eigenvalue weighted by atomic mass is 9.55. The van der Waals surface area contributed by atoms with E-state index in [1.54, 1.807) is 0 Å². The predicted octanol–water partition coefficient (Wildman–Crippen LogP) is 4.14. The number of hydrogen-bond donors (Lipinski definition) is 0. The third kappa shape index (κ3) is 2.16. The van der Waals surface area contributed by atoms with Crippen LogP contribution < -0.4 is 0 Å². The summed E-state index contributed by atoms with van der Waals surface area (Å²) in [5.41, 5.74) is 1.32. The second-order valence-electron chi connectivity index (χ2n) is 5.91. The first-order valence-electron chi connectivity index (χ1n) is 6.42. The van der Waals surface area contributed by atoms with E-state index < -0.39 is 0 Å². The molecule has 0 saturated heterocycles. The second kappa shape index (κ2) is 4.72. The molecule has 0 heterocycles. The minimum absolute atomic E-state index is 0.139. The van der Waals surface area contributed by atoms with E-state index in [1.807, 2.05) is 0 Å². The van der Waals surface area contributed by atoms with Crippen LogP contribution in [0.15, 0.2) is 24.3 Å². The van der Waals surface area contributed by atoms with Crippen molar-refractivity contribution in [3.05, 3.63) is 24.3 Å². The van der Waals surface area contributed by atoms with Gasteiger partial charge in [0.25, 0.3) is 0 Å². The predicted molar refractivity (Wildman–Crippen MR) is 75.2 cm³/mol. The first-order valence-corrected chi connectivity index (χ1v) is 7.54. The molecular formula is C15H21BrO. The molecule has 0 aromatic carbocycles. The Bertz CT molecular complexity index is 371. The van der Waals surface area contributed by atoms with Gasteiger partial charge in [-0.25, -0.2) is 0 Å². The number of alkyl halides is 1. The molecule has 0 aromatic heterocycles. The SMILES string of the molecule is C=C(CBr)C1CC(=O)C2C=CCC(C)C2(C)C1. The average Bonchev–Trinajstić information content (AvgIpc) is 2.30. The number of halogens is 1. The number of hydrogen-bond acceptors (Lipinski definition) is 1. The molecule has 0 aliphatic heterocycles. The van der Waals surface area contributed by atoms with Crippen LogP contribution in [0.5, 0.6) is 0 Å². The van der Waals surface area contributed by atoms with Crippen molar-refractivity contribution in [1.82, 2.24) is 0 Å². The number of carbonyl (C=O) groups is 1. The van der Waals surface area contributed by atoms with Gasteiger partial charge in [0.05, 0.1) is 0 Å². The summed E-state index contributed by atoms with van der Waals surface area (Å²) >= 11 is 3.47. The molecule has 94 valence electrons. The lowest BCUT2D eigenvalue weighted by Crippen LogP contribution is -2.46. The minimum atomic E-state index is 0.139. The zero-order chi connectivity index (χ0) is 12.6. The van der Waals surface area contributed by atoms with Gasteiger partial charge in [-0.1, -0.05) is 54.1 Å². The van der Waals surface area contributed by atoms with Crippen LogP contribution in [0.3, 0.4) is 0 Å². The number of allylic oxidation sites excluding steroid dienone is 3. The number of rotatable bonds is 2. The molecule has 2 aliphatic carbocycles. The first kappa shape index (κ1) is 13.1. The Hall–Kier alpha value is -0.370. The third-order valence-corrected chi connectivity index (χ3v) is 5.60. The van der Waals surface area contributed by atoms with Gasteiger partial charge in [0.2, 0.25) is 0 Å². The highest BCUT2D eigenvalue weighted by Gasteiger charge is 2.48. The van der Waals surface area contributed by atoms with Gasteiger partial charge in [0.15, 0.2) is 0 Å². The molecular weight excluding hydrogens is 276 g/mol. The fourth-order valence-corrected chi connectivity index (χ4v) is 3.85. The van der Waals surface area contributed by atoms with Crippen molar-refractivity contribution in [2.45, 2.75) is 33.1 Å². The van der Waals surface area contributed by atoms with E-state index >= 15 is 0 Å². The van der Waals surface area contributed by atoms with Crippen molar-refractivity contribution in [3.8, 4) is 0 Å². The van der Waals surface area contributed by atoms with Crippen molar-refractivity contribution in [1.29, 1.82) is 0 Å². The summed E-state index contributed by atoms with van der Waals surface area (Å²) in [6.45, 7) is 8.68. The summed E-state index contributed by atoms with van der Waals surface area (Å²) < 4.78 is 0. The molecule has 2 aliphatic rings. The van der Waals surface area contributed by atoms with E-state index in [2.05, 4.69) is 48.5 Å². The Kier molecular flexibility index (Phi) is 3.63. The number of carbonyl (C=O) groups excluding carboxylic acids is 1. The van der Waals surface area contributed by atoms with Crippen molar-refractivity contribution in [3.63, 3.8) is 0 Å². The molecule has 2 heteroatoms. The fraction of sp³-hybridized carbons (Fsp3) is 0.667. The van der Waals surface area contributed by atoms with Crippen molar-refractivity contribution >= 4 is 21.7 Å². The van der Waals surface area contributed by atoms with Crippen molar-refractivity contribution < 1.29 is 4.79 Å². The van der Waals surface area contributed by atoms with Gasteiger partial charge in [-0.05, 0) is 30.1 Å². The monoisotopic (exact) mass is 296 g/mol. The van der Waals surface area contributed by atoms with Crippen LogP contribution >= 0.6 is 15.9 Å². The van der Waals surface area contributed by atoms with Crippen LogP contribution in [0.2, 0.25) is 0 Å². The molecule has 1 nitrogen and oxygen atoms in total. The van der Waals surface area contributed by atoms with Gasteiger partial charge >= 0.3 is 0 Å². The van der Waals surface area contributed by atoms with E-state index in [4.69, 9.17) is 0 Å². The summed E-state index contributed by atoms with van der Waals surface area (Å²) in [4.78, 5) is 12.3. The van der Waals surface area contributed by atoms with Crippen LogP contribution in [-0.4, -0.2) is 11.1 Å². The molecule has 1 fully saturated rings. The highest BCUT2D eigenvalue weighted by Crippen LogP contribution is 2.52. The molecule has 4 unspecified atom stereocenters. The van der Waals surface area contributed by atoms with E-state index in [9.17, 15) is 4.79 Å². The molecule has 0 bridgehead atoms. The zero-order valence-corrected chi connectivity index (χ0v) is 12.3. The smallest absolute Gasteiger partial charge is 0.140 e. The fourth-order valence-electron chi connectivity index (χ4n) is 3.39. The highest BCUT2D eigenvalue weighted by molar-refractivity contribution is 9.09. The van der Waals surface area contributed by atoms with E-state index in [0.29, 0.717) is 24.0 Å². The molecule has 0 amide bonds. The number of ketones is 1. The van der Waals surface area contributed by atoms with Gasteiger partial charge in [0, 0.05) is 17.7 Å². The van der Waals surface area contributed by atoms with Gasteiger partial charge in [0.1, 0.15) is 5.78 Å². The number of Topliss-reactive ketones (excluding diaryl/α,β-unsaturated/α-hetero) is 1. The van der Waals surface area contributed by atoms with Crippen LogP contribution in [0.25, 0.3) is 0 Å². The molecule has 0 radical (unpaired) electrons. The topological polar surface area (TPSA) is 17.1 Å². The van der Waals surface area contributed by atoms with E-state index in [1.165, 1.54) is 5.57 Å². The largest absolute Gasteiger partial charge is 0.299 e. The Balaban J connectivity index is 2.28. The maximum absolute atomic E-state index is 12.3. The van der Waals surface area contributed by atoms with E-state index in [-0.39, 0.29) is 11.3 Å². The molecule has 4 atom stereocenters. The van der Waals surface area contributed by atoms with E-state index in [0.717, 1.165) is 18.2 Å². The molecule has 17 heavy (non-hydrogen) atoms. The van der Waals surface area contributed by atoms with Crippen LogP contribution in [0, 0.1) is 23.2 Å². The van der Waals surface area contributed by atoms with Gasteiger partial charge in [-0.15, -0.1) is 0 Å². The summed E-state index contributed by atoms with van der Waals surface area (Å²) in [6, 6.07) is 0. The molecule has 2 rings (SSSR count). The summed E-state index contributed by atoms with van der Waals surface area (Å²) in [7, 11) is 0. The third-order valence-electron chi connectivity index (χ3n) is 4.88. The quantitative estimate of drug-likeness (QED) is 0.553. The van der Waals surface area contributed by atoms with Crippen LogP contribution in [0.4, 0.5) is 0 Å². The highest BCUT2D eigenvalue weighted by atomic mass is 79.9. The molecule has 0 N–H and O–H groups in total. The van der Waals surface area contributed by atoms with Gasteiger partial charge in [-0.3, -0.25) is 4.79 Å². The van der Waals surface area contributed by atoms with Crippen molar-refractivity contribution in [2.24, 2.45) is 23.2 Å². The molecule has 1 saturated carbocycles.